The van der Waals surface area contributed by atoms with E-state index in [9.17, 15) is 9.59 Å². The van der Waals surface area contributed by atoms with Crippen LogP contribution < -0.4 is 10.9 Å². The summed E-state index contributed by atoms with van der Waals surface area (Å²) in [5, 5.41) is 3.22. The third-order valence-corrected chi connectivity index (χ3v) is 3.89. The lowest BCUT2D eigenvalue weighted by atomic mass is 10.1. The number of aromatic nitrogens is 2. The van der Waals surface area contributed by atoms with Gasteiger partial charge in [-0.2, -0.15) is 0 Å². The molecule has 0 radical (unpaired) electrons. The number of piperidine rings is 1. The smallest absolute Gasteiger partial charge is 0.409 e. The number of nitrogens with zero attached hydrogens (tertiary/aromatic N) is 2. The number of anilines is 1. The highest BCUT2D eigenvalue weighted by atomic mass is 79.9. The van der Waals surface area contributed by atoms with Gasteiger partial charge in [-0.15, -0.1) is 0 Å². The number of carbonyl (C=O) groups is 1. The first-order valence-electron chi connectivity index (χ1n) is 6.53. The van der Waals surface area contributed by atoms with Crippen LogP contribution in [0.25, 0.3) is 0 Å². The second-order valence-electron chi connectivity index (χ2n) is 4.50. The fraction of sp³-hybridized carbons (Fsp3) is 0.583. The summed E-state index contributed by atoms with van der Waals surface area (Å²) in [6.45, 7) is 3.46. The van der Waals surface area contributed by atoms with Crippen molar-refractivity contribution in [3.8, 4) is 0 Å². The van der Waals surface area contributed by atoms with E-state index in [2.05, 4.69) is 31.2 Å². The molecule has 0 unspecified atom stereocenters. The maximum absolute atomic E-state index is 11.6. The number of hydrogen-bond donors (Lipinski definition) is 2. The normalized spacial score (nSPS) is 16.0. The van der Waals surface area contributed by atoms with Gasteiger partial charge < -0.3 is 19.9 Å². The third-order valence-electron chi connectivity index (χ3n) is 3.16. The van der Waals surface area contributed by atoms with E-state index in [-0.39, 0.29) is 17.7 Å². The van der Waals surface area contributed by atoms with E-state index >= 15 is 0 Å². The minimum absolute atomic E-state index is 0.186. The van der Waals surface area contributed by atoms with Gasteiger partial charge in [0.2, 0.25) is 0 Å². The molecule has 20 heavy (non-hydrogen) atoms. The number of nitrogens with one attached hydrogen (secondary N) is 2. The Hall–Kier alpha value is -1.57. The summed E-state index contributed by atoms with van der Waals surface area (Å²) < 4.78 is 5.37. The van der Waals surface area contributed by atoms with Crippen molar-refractivity contribution in [2.24, 2.45) is 0 Å². The van der Waals surface area contributed by atoms with Crippen molar-refractivity contribution >= 4 is 27.8 Å². The Morgan fingerprint density at radius 3 is 2.95 bits per heavy atom. The molecule has 1 aliphatic heterocycles. The van der Waals surface area contributed by atoms with E-state index in [0.29, 0.717) is 30.0 Å². The van der Waals surface area contributed by atoms with Crippen LogP contribution in [0.1, 0.15) is 19.8 Å². The topological polar surface area (TPSA) is 87.3 Å². The van der Waals surface area contributed by atoms with Crippen molar-refractivity contribution in [3.63, 3.8) is 0 Å². The van der Waals surface area contributed by atoms with Gasteiger partial charge in [-0.05, 0) is 35.7 Å². The molecule has 1 aromatic rings. The van der Waals surface area contributed by atoms with Gasteiger partial charge >= 0.3 is 6.09 Å². The van der Waals surface area contributed by atoms with Crippen molar-refractivity contribution in [2.75, 3.05) is 25.0 Å². The Morgan fingerprint density at radius 2 is 2.30 bits per heavy atom. The number of aromatic amines is 1. The van der Waals surface area contributed by atoms with Gasteiger partial charge in [0.1, 0.15) is 10.3 Å². The zero-order valence-corrected chi connectivity index (χ0v) is 12.8. The molecule has 1 fully saturated rings. The van der Waals surface area contributed by atoms with Crippen LogP contribution in [-0.2, 0) is 4.74 Å². The largest absolute Gasteiger partial charge is 0.450 e. The van der Waals surface area contributed by atoms with Crippen molar-refractivity contribution in [1.82, 2.24) is 14.9 Å². The van der Waals surface area contributed by atoms with Gasteiger partial charge in [-0.3, -0.25) is 4.79 Å². The number of H-pyrrole nitrogens is 1. The molecule has 110 valence electrons. The fourth-order valence-electron chi connectivity index (χ4n) is 2.10. The minimum Gasteiger partial charge on any atom is -0.450 e. The Morgan fingerprint density at radius 1 is 1.60 bits per heavy atom. The molecule has 2 N–H and O–H groups in total. The zero-order valence-electron chi connectivity index (χ0n) is 11.2. The Balaban J connectivity index is 1.90. The standard InChI is InChI=1S/C12H17BrN4O3/c1-2-20-12(19)17-5-3-8(4-6-17)16-10-9(13)11(18)15-7-14-10/h7-8H,2-6H2,1H3,(H2,14,15,16,18). The van der Waals surface area contributed by atoms with Gasteiger partial charge in [-0.1, -0.05) is 0 Å². The van der Waals surface area contributed by atoms with Crippen LogP contribution in [0.3, 0.4) is 0 Å². The molecule has 8 heteroatoms. The number of likely N-dealkylation sites (tertiary alicyclic amines) is 1. The number of amides is 1. The monoisotopic (exact) mass is 344 g/mol. The van der Waals surface area contributed by atoms with E-state index in [1.165, 1.54) is 6.33 Å². The summed E-state index contributed by atoms with van der Waals surface area (Å²) in [6, 6.07) is 0.186. The molecule has 7 nitrogen and oxygen atoms in total. The van der Waals surface area contributed by atoms with Crippen LogP contribution in [-0.4, -0.2) is 46.7 Å². The van der Waals surface area contributed by atoms with E-state index in [1.807, 2.05) is 0 Å². The molecule has 2 rings (SSSR count). The molecule has 0 bridgehead atoms. The summed E-state index contributed by atoms with van der Waals surface area (Å²) in [6.07, 6.45) is 2.68. The highest BCUT2D eigenvalue weighted by molar-refractivity contribution is 9.10. The highest BCUT2D eigenvalue weighted by Crippen LogP contribution is 2.19. The predicted molar refractivity (Wildman–Crippen MR) is 77.8 cm³/mol. The molecule has 0 atom stereocenters. The quantitative estimate of drug-likeness (QED) is 0.868. The summed E-state index contributed by atoms with van der Waals surface area (Å²) in [5.74, 6) is 0.531. The lowest BCUT2D eigenvalue weighted by Gasteiger charge is -2.31. The molecular weight excluding hydrogens is 328 g/mol. The Kier molecular flexibility index (Phi) is 4.99. The van der Waals surface area contributed by atoms with Gasteiger partial charge in [-0.25, -0.2) is 9.78 Å². The number of halogens is 1. The first-order valence-corrected chi connectivity index (χ1v) is 7.32. The number of carbonyl (C=O) groups excluding carboxylic acids is 1. The second kappa shape index (κ2) is 6.74. The molecule has 2 heterocycles. The Bertz CT molecular complexity index is 526. The maximum Gasteiger partial charge on any atom is 0.409 e. The van der Waals surface area contributed by atoms with Crippen LogP contribution in [0.5, 0.6) is 0 Å². The second-order valence-corrected chi connectivity index (χ2v) is 5.29. The Labute approximate surface area is 124 Å². The van der Waals surface area contributed by atoms with Crippen LogP contribution >= 0.6 is 15.9 Å². The predicted octanol–water partition coefficient (Wildman–Crippen LogP) is 1.57. The van der Waals surface area contributed by atoms with Crippen molar-refractivity contribution in [2.45, 2.75) is 25.8 Å². The van der Waals surface area contributed by atoms with Gasteiger partial charge in [0, 0.05) is 19.1 Å². The van der Waals surface area contributed by atoms with Crippen LogP contribution in [0.4, 0.5) is 10.6 Å². The minimum atomic E-state index is -0.263. The summed E-state index contributed by atoms with van der Waals surface area (Å²) in [5.41, 5.74) is -0.216. The van der Waals surface area contributed by atoms with Crippen LogP contribution in [0.15, 0.2) is 15.6 Å². The number of hydrogen-bond acceptors (Lipinski definition) is 5. The number of ether oxygens (including phenoxy) is 1. The summed E-state index contributed by atoms with van der Waals surface area (Å²) >= 11 is 3.21. The molecule has 0 aromatic carbocycles. The summed E-state index contributed by atoms with van der Waals surface area (Å²) in [4.78, 5) is 31.3. The first kappa shape index (κ1) is 14.8. The molecule has 1 saturated heterocycles. The van der Waals surface area contributed by atoms with Crippen molar-refractivity contribution in [1.29, 1.82) is 0 Å². The van der Waals surface area contributed by atoms with Crippen LogP contribution in [0.2, 0.25) is 0 Å². The van der Waals surface area contributed by atoms with Gasteiger partial charge in [0.25, 0.3) is 5.56 Å². The van der Waals surface area contributed by atoms with Crippen molar-refractivity contribution in [3.05, 3.63) is 21.2 Å². The lowest BCUT2D eigenvalue weighted by molar-refractivity contribution is 0.0983. The van der Waals surface area contributed by atoms with Gasteiger partial charge in [0.15, 0.2) is 0 Å². The average molecular weight is 345 g/mol. The lowest BCUT2D eigenvalue weighted by Crippen LogP contribution is -2.42. The highest BCUT2D eigenvalue weighted by Gasteiger charge is 2.24. The molecular formula is C12H17BrN4O3. The van der Waals surface area contributed by atoms with E-state index in [0.717, 1.165) is 12.8 Å². The molecule has 0 saturated carbocycles. The van der Waals surface area contributed by atoms with E-state index in [1.54, 1.807) is 11.8 Å². The number of rotatable bonds is 3. The maximum atomic E-state index is 11.6. The third kappa shape index (κ3) is 3.50. The molecule has 1 amide bonds. The molecule has 0 spiro atoms. The molecule has 1 aliphatic rings. The van der Waals surface area contributed by atoms with Crippen molar-refractivity contribution < 1.29 is 9.53 Å². The van der Waals surface area contributed by atoms with Gasteiger partial charge in [0.05, 0.1) is 12.9 Å². The van der Waals surface area contributed by atoms with E-state index < -0.39 is 0 Å². The molecule has 1 aromatic heterocycles. The fourth-order valence-corrected chi connectivity index (χ4v) is 2.43. The summed E-state index contributed by atoms with van der Waals surface area (Å²) in [7, 11) is 0. The van der Waals surface area contributed by atoms with E-state index in [4.69, 9.17) is 4.74 Å². The zero-order chi connectivity index (χ0) is 14.5. The first-order chi connectivity index (χ1) is 9.61. The molecule has 0 aliphatic carbocycles. The average Bonchev–Trinajstić information content (AvgIpc) is 2.45. The SMILES string of the molecule is CCOC(=O)N1CCC(Nc2nc[nH]c(=O)c2Br)CC1. The van der Waals surface area contributed by atoms with Crippen LogP contribution in [0, 0.1) is 0 Å².